The Hall–Kier alpha value is -1.08. The molecule has 1 aliphatic carbocycles. The Bertz CT molecular complexity index is 695. The summed E-state index contributed by atoms with van der Waals surface area (Å²) >= 11 is 4.68. The number of rotatable bonds is 4. The van der Waals surface area contributed by atoms with Gasteiger partial charge in [0.1, 0.15) is 5.52 Å². The number of hydrogen-bond donors (Lipinski definition) is 1. The summed E-state index contributed by atoms with van der Waals surface area (Å²) in [6.07, 6.45) is 6.31. The van der Waals surface area contributed by atoms with Crippen molar-refractivity contribution < 1.29 is 9.90 Å². The highest BCUT2D eigenvalue weighted by Gasteiger charge is 2.34. The number of nitrogens with zero attached hydrogens (tertiary/aromatic N) is 3. The van der Waals surface area contributed by atoms with Crippen LogP contribution in [0.15, 0.2) is 21.9 Å². The highest BCUT2D eigenvalue weighted by molar-refractivity contribution is 9.10. The van der Waals surface area contributed by atoms with Crippen LogP contribution in [0.4, 0.5) is 0 Å². The van der Waals surface area contributed by atoms with Gasteiger partial charge in [0.05, 0.1) is 5.75 Å². The van der Waals surface area contributed by atoms with E-state index in [-0.39, 0.29) is 11.3 Å². The van der Waals surface area contributed by atoms with Gasteiger partial charge in [-0.05, 0) is 41.8 Å². The van der Waals surface area contributed by atoms with Crippen LogP contribution in [-0.4, -0.2) is 31.4 Å². The number of thioether (sulfide) groups is 1. The zero-order valence-electron chi connectivity index (χ0n) is 11.7. The molecule has 2 heterocycles. The molecule has 2 aromatic heterocycles. The molecule has 1 aliphatic rings. The predicted octanol–water partition coefficient (Wildman–Crippen LogP) is 3.66. The topological polar surface area (TPSA) is 68.0 Å². The van der Waals surface area contributed by atoms with Gasteiger partial charge in [-0.3, -0.25) is 9.36 Å². The molecule has 7 heteroatoms. The second-order valence-electron chi connectivity index (χ2n) is 5.61. The van der Waals surface area contributed by atoms with Crippen LogP contribution in [0.5, 0.6) is 0 Å². The summed E-state index contributed by atoms with van der Waals surface area (Å²) in [6, 6.07) is 1.93. The van der Waals surface area contributed by atoms with Crippen molar-refractivity contribution in [3.05, 3.63) is 16.7 Å². The van der Waals surface area contributed by atoms with Crippen molar-refractivity contribution in [2.24, 2.45) is 0 Å². The molecule has 5 nitrogen and oxygen atoms in total. The molecule has 1 saturated carbocycles. The molecule has 2 aromatic rings. The maximum Gasteiger partial charge on any atom is 0.313 e. The number of halogens is 1. The van der Waals surface area contributed by atoms with E-state index in [4.69, 9.17) is 5.11 Å². The quantitative estimate of drug-likeness (QED) is 0.832. The fraction of sp³-hybridized carbons (Fsp3) is 0.500. The SMILES string of the molecule is CC1(n2c(SCC(=O)O)nc3cc(Br)cnc32)CCCC1. The third-order valence-corrected chi connectivity index (χ3v) is 5.34. The van der Waals surface area contributed by atoms with Gasteiger partial charge < -0.3 is 5.11 Å². The number of pyridine rings is 1. The van der Waals surface area contributed by atoms with E-state index in [2.05, 4.69) is 37.4 Å². The summed E-state index contributed by atoms with van der Waals surface area (Å²) in [7, 11) is 0. The first-order valence-electron chi connectivity index (χ1n) is 6.89. The van der Waals surface area contributed by atoms with Crippen LogP contribution >= 0.6 is 27.7 Å². The van der Waals surface area contributed by atoms with Crippen molar-refractivity contribution in [1.29, 1.82) is 0 Å². The van der Waals surface area contributed by atoms with Crippen molar-refractivity contribution in [1.82, 2.24) is 14.5 Å². The Labute approximate surface area is 135 Å². The number of carbonyl (C=O) groups is 1. The van der Waals surface area contributed by atoms with E-state index in [9.17, 15) is 4.79 Å². The lowest BCUT2D eigenvalue weighted by atomic mass is 10.0. The summed E-state index contributed by atoms with van der Waals surface area (Å²) in [5, 5.41) is 9.69. The average Bonchev–Trinajstić information content (AvgIpc) is 3.00. The first kappa shape index (κ1) is 14.8. The minimum Gasteiger partial charge on any atom is -0.481 e. The fourth-order valence-electron chi connectivity index (χ4n) is 2.99. The number of imidazole rings is 1. The van der Waals surface area contributed by atoms with Gasteiger partial charge >= 0.3 is 5.97 Å². The zero-order valence-corrected chi connectivity index (χ0v) is 14.1. The number of aromatic nitrogens is 3. The normalized spacial score (nSPS) is 17.4. The van der Waals surface area contributed by atoms with Crippen LogP contribution in [0.3, 0.4) is 0 Å². The molecule has 0 amide bonds. The monoisotopic (exact) mass is 369 g/mol. The number of hydrogen-bond acceptors (Lipinski definition) is 4. The molecule has 0 saturated heterocycles. The lowest BCUT2D eigenvalue weighted by molar-refractivity contribution is -0.133. The molecule has 21 heavy (non-hydrogen) atoms. The first-order chi connectivity index (χ1) is 9.99. The molecular weight excluding hydrogens is 354 g/mol. The lowest BCUT2D eigenvalue weighted by Crippen LogP contribution is -2.27. The minimum atomic E-state index is -0.829. The summed E-state index contributed by atoms with van der Waals surface area (Å²) in [6.45, 7) is 2.22. The highest BCUT2D eigenvalue weighted by Crippen LogP contribution is 2.41. The van der Waals surface area contributed by atoms with E-state index in [1.807, 2.05) is 6.07 Å². The van der Waals surface area contributed by atoms with Gasteiger partial charge in [0.2, 0.25) is 0 Å². The van der Waals surface area contributed by atoms with Crippen molar-refractivity contribution in [2.75, 3.05) is 5.75 Å². The third-order valence-electron chi connectivity index (χ3n) is 3.98. The molecule has 1 fully saturated rings. The van der Waals surface area contributed by atoms with Gasteiger partial charge in [0.15, 0.2) is 10.8 Å². The second kappa shape index (κ2) is 5.61. The van der Waals surface area contributed by atoms with E-state index in [1.165, 1.54) is 24.6 Å². The molecule has 3 rings (SSSR count). The van der Waals surface area contributed by atoms with Gasteiger partial charge in [0, 0.05) is 16.2 Å². The van der Waals surface area contributed by atoms with Gasteiger partial charge in [-0.15, -0.1) is 0 Å². The van der Waals surface area contributed by atoms with E-state index >= 15 is 0 Å². The molecule has 0 aliphatic heterocycles. The van der Waals surface area contributed by atoms with Gasteiger partial charge in [-0.25, -0.2) is 9.97 Å². The number of aliphatic carboxylic acids is 1. The van der Waals surface area contributed by atoms with E-state index in [0.717, 1.165) is 33.6 Å². The first-order valence-corrected chi connectivity index (χ1v) is 8.66. The fourth-order valence-corrected chi connectivity index (χ4v) is 4.16. The maximum atomic E-state index is 10.9. The summed E-state index contributed by atoms with van der Waals surface area (Å²) in [5.74, 6) is -0.815. The van der Waals surface area contributed by atoms with Crippen LogP contribution < -0.4 is 0 Å². The van der Waals surface area contributed by atoms with Crippen molar-refractivity contribution in [2.45, 2.75) is 43.3 Å². The molecule has 0 bridgehead atoms. The van der Waals surface area contributed by atoms with E-state index in [1.54, 1.807) is 6.20 Å². The summed E-state index contributed by atoms with van der Waals surface area (Å²) < 4.78 is 3.03. The van der Waals surface area contributed by atoms with Gasteiger partial charge in [-0.1, -0.05) is 24.6 Å². The molecule has 0 radical (unpaired) electrons. The van der Waals surface area contributed by atoms with Gasteiger partial charge in [-0.2, -0.15) is 0 Å². The number of carboxylic acid groups (broad SMARTS) is 1. The molecule has 0 atom stereocenters. The Morgan fingerprint density at radius 3 is 2.90 bits per heavy atom. The Kier molecular flexibility index (Phi) is 3.96. The average molecular weight is 370 g/mol. The van der Waals surface area contributed by atoms with Crippen molar-refractivity contribution >= 4 is 44.8 Å². The maximum absolute atomic E-state index is 10.9. The molecule has 0 aromatic carbocycles. The van der Waals surface area contributed by atoms with Crippen molar-refractivity contribution in [3.63, 3.8) is 0 Å². The highest BCUT2D eigenvalue weighted by atomic mass is 79.9. The summed E-state index contributed by atoms with van der Waals surface area (Å²) in [5.41, 5.74) is 1.64. The zero-order chi connectivity index (χ0) is 15.0. The molecular formula is C14H16BrN3O2S. The van der Waals surface area contributed by atoms with E-state index < -0.39 is 5.97 Å². The largest absolute Gasteiger partial charge is 0.481 e. The summed E-state index contributed by atoms with van der Waals surface area (Å²) in [4.78, 5) is 20.0. The molecule has 0 unspecified atom stereocenters. The van der Waals surface area contributed by atoms with Crippen LogP contribution in [-0.2, 0) is 10.3 Å². The smallest absolute Gasteiger partial charge is 0.313 e. The predicted molar refractivity (Wildman–Crippen MR) is 85.7 cm³/mol. The van der Waals surface area contributed by atoms with Crippen LogP contribution in [0.1, 0.15) is 32.6 Å². The standard InChI is InChI=1S/C14H16BrN3O2S/c1-14(4-2-3-5-14)18-12-10(6-9(15)7-16-12)17-13(18)21-8-11(19)20/h6-7H,2-5,8H2,1H3,(H,19,20). The molecule has 1 N–H and O–H groups in total. The Morgan fingerprint density at radius 2 is 2.24 bits per heavy atom. The van der Waals surface area contributed by atoms with Crippen molar-refractivity contribution in [3.8, 4) is 0 Å². The Balaban J connectivity index is 2.13. The minimum absolute atomic E-state index is 0.0145. The van der Waals surface area contributed by atoms with Crippen LogP contribution in [0.25, 0.3) is 11.2 Å². The van der Waals surface area contributed by atoms with Crippen LogP contribution in [0.2, 0.25) is 0 Å². The molecule has 0 spiro atoms. The van der Waals surface area contributed by atoms with E-state index in [0.29, 0.717) is 0 Å². The third kappa shape index (κ3) is 2.81. The number of carboxylic acids is 1. The second-order valence-corrected chi connectivity index (χ2v) is 7.47. The number of fused-ring (bicyclic) bond motifs is 1. The molecule has 112 valence electrons. The Morgan fingerprint density at radius 1 is 1.52 bits per heavy atom. The van der Waals surface area contributed by atoms with Crippen LogP contribution in [0, 0.1) is 0 Å². The van der Waals surface area contributed by atoms with Gasteiger partial charge in [0.25, 0.3) is 0 Å². The lowest BCUT2D eigenvalue weighted by Gasteiger charge is -2.27.